The number of rotatable bonds is 2. The lowest BCUT2D eigenvalue weighted by Crippen LogP contribution is -2.43. The Hall–Kier alpha value is -0.380. The molecule has 15 heavy (non-hydrogen) atoms. The maximum absolute atomic E-state index is 9.92. The standard InChI is InChI=1S/C12H21NO2/c1-10-2-3-12(14)11(8-10)9-13-4-6-15-7-5-13/h11-12,14H,1-9H2. The molecular formula is C12H21NO2. The van der Waals surface area contributed by atoms with Gasteiger partial charge in [0.15, 0.2) is 0 Å². The number of morpholine rings is 1. The zero-order valence-corrected chi connectivity index (χ0v) is 9.32. The second kappa shape index (κ2) is 5.10. The highest BCUT2D eigenvalue weighted by Gasteiger charge is 2.27. The van der Waals surface area contributed by atoms with Gasteiger partial charge in [-0.05, 0) is 19.3 Å². The van der Waals surface area contributed by atoms with E-state index in [1.54, 1.807) is 0 Å². The normalized spacial score (nSPS) is 34.3. The Balaban J connectivity index is 1.83. The molecule has 2 rings (SSSR count). The molecule has 1 aliphatic heterocycles. The first-order valence-corrected chi connectivity index (χ1v) is 5.90. The van der Waals surface area contributed by atoms with E-state index in [1.807, 2.05) is 0 Å². The molecule has 0 aromatic rings. The molecule has 1 N–H and O–H groups in total. The maximum atomic E-state index is 9.92. The van der Waals surface area contributed by atoms with Crippen molar-refractivity contribution in [3.8, 4) is 0 Å². The van der Waals surface area contributed by atoms with Gasteiger partial charge in [-0.3, -0.25) is 4.90 Å². The molecule has 0 amide bonds. The van der Waals surface area contributed by atoms with Crippen LogP contribution in [0.15, 0.2) is 12.2 Å². The fourth-order valence-corrected chi connectivity index (χ4v) is 2.50. The van der Waals surface area contributed by atoms with E-state index in [4.69, 9.17) is 4.74 Å². The minimum absolute atomic E-state index is 0.127. The monoisotopic (exact) mass is 211 g/mol. The van der Waals surface area contributed by atoms with Gasteiger partial charge in [-0.1, -0.05) is 12.2 Å². The molecule has 1 saturated heterocycles. The summed E-state index contributed by atoms with van der Waals surface area (Å²) in [6, 6.07) is 0. The molecule has 2 fully saturated rings. The molecule has 1 saturated carbocycles. The summed E-state index contributed by atoms with van der Waals surface area (Å²) in [6.07, 6.45) is 2.77. The summed E-state index contributed by atoms with van der Waals surface area (Å²) in [6.45, 7) is 8.73. The summed E-state index contributed by atoms with van der Waals surface area (Å²) >= 11 is 0. The first-order valence-electron chi connectivity index (χ1n) is 5.90. The van der Waals surface area contributed by atoms with E-state index in [0.29, 0.717) is 5.92 Å². The summed E-state index contributed by atoms with van der Waals surface area (Å²) in [5.74, 6) is 0.393. The maximum Gasteiger partial charge on any atom is 0.0594 e. The molecule has 3 nitrogen and oxygen atoms in total. The van der Waals surface area contributed by atoms with E-state index in [0.717, 1.165) is 52.1 Å². The van der Waals surface area contributed by atoms with Crippen molar-refractivity contribution in [2.24, 2.45) is 5.92 Å². The average molecular weight is 211 g/mol. The molecule has 86 valence electrons. The van der Waals surface area contributed by atoms with E-state index >= 15 is 0 Å². The van der Waals surface area contributed by atoms with Crippen LogP contribution < -0.4 is 0 Å². The number of hydrogen-bond acceptors (Lipinski definition) is 3. The van der Waals surface area contributed by atoms with Crippen molar-refractivity contribution in [2.45, 2.75) is 25.4 Å². The molecule has 2 atom stereocenters. The Morgan fingerprint density at radius 2 is 2.13 bits per heavy atom. The van der Waals surface area contributed by atoms with Crippen molar-refractivity contribution in [3.05, 3.63) is 12.2 Å². The number of aliphatic hydroxyl groups excluding tert-OH is 1. The van der Waals surface area contributed by atoms with Crippen LogP contribution in [-0.2, 0) is 4.74 Å². The Bertz CT molecular complexity index is 224. The van der Waals surface area contributed by atoms with Crippen molar-refractivity contribution in [2.75, 3.05) is 32.8 Å². The summed E-state index contributed by atoms with van der Waals surface area (Å²) in [5.41, 5.74) is 1.30. The van der Waals surface area contributed by atoms with Crippen LogP contribution >= 0.6 is 0 Å². The van der Waals surface area contributed by atoms with Crippen molar-refractivity contribution >= 4 is 0 Å². The predicted molar refractivity (Wildman–Crippen MR) is 59.7 cm³/mol. The van der Waals surface area contributed by atoms with Crippen molar-refractivity contribution in [1.82, 2.24) is 4.90 Å². The number of nitrogens with zero attached hydrogens (tertiary/aromatic N) is 1. The Kier molecular flexibility index (Phi) is 3.78. The Labute approximate surface area is 91.7 Å². The lowest BCUT2D eigenvalue weighted by molar-refractivity contribution is 0.00663. The Morgan fingerprint density at radius 3 is 2.87 bits per heavy atom. The highest BCUT2D eigenvalue weighted by atomic mass is 16.5. The lowest BCUT2D eigenvalue weighted by atomic mass is 9.83. The van der Waals surface area contributed by atoms with E-state index in [1.165, 1.54) is 5.57 Å². The van der Waals surface area contributed by atoms with Crippen LogP contribution in [0.25, 0.3) is 0 Å². The van der Waals surface area contributed by atoms with Crippen LogP contribution in [0.2, 0.25) is 0 Å². The number of allylic oxidation sites excluding steroid dienone is 1. The second-order valence-electron chi connectivity index (χ2n) is 4.73. The number of hydrogen-bond donors (Lipinski definition) is 1. The highest BCUT2D eigenvalue weighted by Crippen LogP contribution is 2.28. The fourth-order valence-electron chi connectivity index (χ4n) is 2.50. The van der Waals surface area contributed by atoms with Gasteiger partial charge in [-0.25, -0.2) is 0 Å². The van der Waals surface area contributed by atoms with Gasteiger partial charge in [0, 0.05) is 25.6 Å². The molecule has 2 aliphatic rings. The summed E-state index contributed by atoms with van der Waals surface area (Å²) in [4.78, 5) is 2.40. The minimum atomic E-state index is -0.127. The SMILES string of the molecule is C=C1CCC(O)C(CN2CCOCC2)C1. The molecule has 0 aromatic heterocycles. The van der Waals surface area contributed by atoms with E-state index in [-0.39, 0.29) is 6.10 Å². The van der Waals surface area contributed by atoms with E-state index in [2.05, 4.69) is 11.5 Å². The van der Waals surface area contributed by atoms with Gasteiger partial charge in [0.2, 0.25) is 0 Å². The zero-order chi connectivity index (χ0) is 10.7. The highest BCUT2D eigenvalue weighted by molar-refractivity contribution is 5.02. The summed E-state index contributed by atoms with van der Waals surface area (Å²) in [5, 5.41) is 9.92. The summed E-state index contributed by atoms with van der Waals surface area (Å²) in [7, 11) is 0. The number of ether oxygens (including phenoxy) is 1. The molecule has 2 unspecified atom stereocenters. The average Bonchev–Trinajstić information content (AvgIpc) is 2.25. The fraction of sp³-hybridized carbons (Fsp3) is 0.833. The molecule has 1 aliphatic carbocycles. The molecule has 0 radical (unpaired) electrons. The smallest absolute Gasteiger partial charge is 0.0594 e. The minimum Gasteiger partial charge on any atom is -0.393 e. The van der Waals surface area contributed by atoms with Crippen molar-refractivity contribution in [3.63, 3.8) is 0 Å². The zero-order valence-electron chi connectivity index (χ0n) is 9.32. The van der Waals surface area contributed by atoms with Crippen LogP contribution in [-0.4, -0.2) is 49.0 Å². The third-order valence-electron chi connectivity index (χ3n) is 3.49. The Morgan fingerprint density at radius 1 is 1.40 bits per heavy atom. The van der Waals surface area contributed by atoms with Gasteiger partial charge in [0.05, 0.1) is 19.3 Å². The largest absolute Gasteiger partial charge is 0.393 e. The molecule has 0 aromatic carbocycles. The van der Waals surface area contributed by atoms with Crippen molar-refractivity contribution < 1.29 is 9.84 Å². The number of aliphatic hydroxyl groups is 1. The third-order valence-corrected chi connectivity index (χ3v) is 3.49. The lowest BCUT2D eigenvalue weighted by Gasteiger charge is -2.35. The van der Waals surface area contributed by atoms with Crippen LogP contribution in [0.1, 0.15) is 19.3 Å². The molecule has 0 spiro atoms. The molecule has 0 bridgehead atoms. The van der Waals surface area contributed by atoms with Crippen molar-refractivity contribution in [1.29, 1.82) is 0 Å². The first kappa shape index (κ1) is 11.1. The van der Waals surface area contributed by atoms with E-state index in [9.17, 15) is 5.11 Å². The second-order valence-corrected chi connectivity index (χ2v) is 4.73. The predicted octanol–water partition coefficient (Wildman–Crippen LogP) is 1.04. The third kappa shape index (κ3) is 3.03. The van der Waals surface area contributed by atoms with E-state index < -0.39 is 0 Å². The molecule has 3 heteroatoms. The van der Waals surface area contributed by atoms with Gasteiger partial charge in [-0.15, -0.1) is 0 Å². The van der Waals surface area contributed by atoms with Crippen LogP contribution in [0.3, 0.4) is 0 Å². The van der Waals surface area contributed by atoms with Gasteiger partial charge in [0.25, 0.3) is 0 Å². The first-order chi connectivity index (χ1) is 7.25. The van der Waals surface area contributed by atoms with Gasteiger partial charge < -0.3 is 9.84 Å². The van der Waals surface area contributed by atoms with Crippen LogP contribution in [0.5, 0.6) is 0 Å². The van der Waals surface area contributed by atoms with Crippen LogP contribution in [0.4, 0.5) is 0 Å². The molecular weight excluding hydrogens is 190 g/mol. The topological polar surface area (TPSA) is 32.7 Å². The summed E-state index contributed by atoms with van der Waals surface area (Å²) < 4.78 is 5.32. The van der Waals surface area contributed by atoms with Crippen LogP contribution in [0, 0.1) is 5.92 Å². The van der Waals surface area contributed by atoms with Gasteiger partial charge in [0.1, 0.15) is 0 Å². The van der Waals surface area contributed by atoms with Gasteiger partial charge in [-0.2, -0.15) is 0 Å². The quantitative estimate of drug-likeness (QED) is 0.693. The van der Waals surface area contributed by atoms with Gasteiger partial charge >= 0.3 is 0 Å². The molecule has 1 heterocycles.